The molecule has 17 heterocycles. The third-order valence-electron chi connectivity index (χ3n) is 26.6. The van der Waals surface area contributed by atoms with Gasteiger partial charge in [0.1, 0.15) is 46.7 Å². The molecule has 8 aliphatic rings. The van der Waals surface area contributed by atoms with Crippen LogP contribution in [0.4, 0.5) is 69.8 Å². The van der Waals surface area contributed by atoms with Gasteiger partial charge in [-0.25, -0.2) is 19.9 Å². The fraction of sp³-hybridized carbons (Fsp3) is 0.387. The molecule has 1 aliphatic carbocycles. The smallest absolute Gasteiger partial charge is 0.308 e. The second kappa shape index (κ2) is 38.9. The van der Waals surface area contributed by atoms with E-state index >= 15 is 0 Å². The minimum Gasteiger partial charge on any atom is -0.508 e. The normalized spacial score (nSPS) is 19.2. The SMILES string of the molecule is Nc1nc(N2CCN(c3ccc(O)cc3)CC2)nc2c1ncn2C1CCCC(C(=O)O)C1.Nc1nc(N2CCN(c3ccc(O)cc3)CC2)nc2c1ncn2C1CCNCC1.O=C(O)C1CCCN(c2nc(N3CCN(c4ccc(O)cc4)CC3)nc3c2ncn3-c2ccncc2)C1.O=C(O)C1CCN(c2nc(N3CCN(c4ccc(O)cc4)CC3)nc3c2ncn3-c2ccncc2)C1. The summed E-state index contributed by atoms with van der Waals surface area (Å²) in [6.45, 7) is 16.7. The molecule has 0 bridgehead atoms. The summed E-state index contributed by atoms with van der Waals surface area (Å²) in [6.07, 6.45) is 21.2. The lowest BCUT2D eigenvalue weighted by Crippen LogP contribution is -2.47. The summed E-state index contributed by atoms with van der Waals surface area (Å²) < 4.78 is 8.00. The molecular weight excluding hydrogens is 1710 g/mol. The maximum atomic E-state index is 11.8. The zero-order chi connectivity index (χ0) is 92.0. The summed E-state index contributed by atoms with van der Waals surface area (Å²) in [5.74, 6) is 2.19. The number of carboxylic acid groups (broad SMARTS) is 3. The summed E-state index contributed by atoms with van der Waals surface area (Å²) in [5.41, 5.74) is 24.0. The number of nitrogens with two attached hydrogens (primary N) is 2. The summed E-state index contributed by atoms with van der Waals surface area (Å²) in [5, 5.41) is 70.2. The fourth-order valence-corrected chi connectivity index (χ4v) is 19.1. The largest absolute Gasteiger partial charge is 0.508 e. The molecule has 1 saturated carbocycles. The highest BCUT2D eigenvalue weighted by Crippen LogP contribution is 2.39. The number of phenolic OH excluding ortho intramolecular Hbond substituents is 4. The van der Waals surface area contributed by atoms with Crippen molar-refractivity contribution in [3.63, 3.8) is 0 Å². The highest BCUT2D eigenvalue weighted by Gasteiger charge is 2.37. The van der Waals surface area contributed by atoms with Gasteiger partial charge in [-0.05, 0) is 186 Å². The summed E-state index contributed by atoms with van der Waals surface area (Å²) in [4.78, 5) is 122. The van der Waals surface area contributed by atoms with Crippen LogP contribution in [0.1, 0.15) is 69.9 Å². The Morgan fingerprint density at radius 3 is 1.01 bits per heavy atom. The molecule has 694 valence electrons. The molecule has 8 fully saturated rings. The van der Waals surface area contributed by atoms with Crippen molar-refractivity contribution in [1.29, 1.82) is 0 Å². The van der Waals surface area contributed by atoms with Gasteiger partial charge < -0.3 is 111 Å². The predicted octanol–water partition coefficient (Wildman–Crippen LogP) is 8.32. The van der Waals surface area contributed by atoms with Crippen molar-refractivity contribution in [2.24, 2.45) is 17.8 Å². The van der Waals surface area contributed by atoms with E-state index in [1.165, 1.54) is 0 Å². The van der Waals surface area contributed by atoms with Gasteiger partial charge >= 0.3 is 17.9 Å². The Hall–Kier alpha value is -15.5. The van der Waals surface area contributed by atoms with Crippen LogP contribution in [0.5, 0.6) is 23.0 Å². The monoisotopic (exact) mass is 1820 g/mol. The highest BCUT2D eigenvalue weighted by molar-refractivity contribution is 5.89. The molecule has 10 aromatic heterocycles. The number of carboxylic acids is 3. The summed E-state index contributed by atoms with van der Waals surface area (Å²) in [6, 6.07) is 37.1. The number of pyridine rings is 2. The van der Waals surface area contributed by atoms with Gasteiger partial charge in [-0.2, -0.15) is 39.9 Å². The Bertz CT molecular complexity index is 6440. The van der Waals surface area contributed by atoms with Crippen LogP contribution in [0, 0.1) is 17.8 Å². The van der Waals surface area contributed by atoms with Crippen molar-refractivity contribution in [1.82, 2.24) is 93.4 Å². The number of hydrogen-bond acceptors (Lipinski definition) is 34. The number of nitrogens with one attached hydrogen (secondary N) is 1. The van der Waals surface area contributed by atoms with Gasteiger partial charge in [0.25, 0.3) is 0 Å². The van der Waals surface area contributed by atoms with Crippen LogP contribution in [0.2, 0.25) is 0 Å². The minimum atomic E-state index is -0.782. The van der Waals surface area contributed by atoms with E-state index in [1.807, 2.05) is 103 Å². The second-order valence-corrected chi connectivity index (χ2v) is 34.8. The molecule has 134 heavy (non-hydrogen) atoms. The molecule has 4 aromatic carbocycles. The van der Waals surface area contributed by atoms with Gasteiger partial charge in [0.05, 0.1) is 41.8 Å². The number of fused-ring (bicyclic) bond motifs is 4. The third kappa shape index (κ3) is 19.1. The van der Waals surface area contributed by atoms with Crippen LogP contribution in [-0.2, 0) is 14.4 Å². The lowest BCUT2D eigenvalue weighted by atomic mass is 9.85. The van der Waals surface area contributed by atoms with Crippen molar-refractivity contribution in [2.75, 3.05) is 204 Å². The van der Waals surface area contributed by atoms with Gasteiger partial charge in [0.2, 0.25) is 23.8 Å². The number of nitrogen functional groups attached to an aromatic ring is 2. The lowest BCUT2D eigenvalue weighted by Gasteiger charge is -2.37. The van der Waals surface area contributed by atoms with Gasteiger partial charge in [-0.15, -0.1) is 0 Å². The third-order valence-corrected chi connectivity index (χ3v) is 26.6. The van der Waals surface area contributed by atoms with E-state index in [9.17, 15) is 50.1 Å². The Labute approximate surface area is 769 Å². The average Bonchev–Trinajstić information content (AvgIpc) is 1.61. The number of aromatic nitrogens is 18. The first kappa shape index (κ1) is 87.9. The zero-order valence-electron chi connectivity index (χ0n) is 74.0. The molecule has 4 unspecified atom stereocenters. The number of benzene rings is 4. The maximum Gasteiger partial charge on any atom is 0.308 e. The van der Waals surface area contributed by atoms with Crippen molar-refractivity contribution in [3.05, 3.63) is 171 Å². The van der Waals surface area contributed by atoms with Gasteiger partial charge in [0, 0.05) is 191 Å². The number of aromatic hydroxyl groups is 4. The van der Waals surface area contributed by atoms with E-state index in [2.05, 4.69) is 89.0 Å². The maximum absolute atomic E-state index is 11.8. The van der Waals surface area contributed by atoms with Crippen LogP contribution in [0.3, 0.4) is 0 Å². The molecule has 14 aromatic rings. The molecule has 22 rings (SSSR count). The van der Waals surface area contributed by atoms with Crippen LogP contribution in [0.25, 0.3) is 56.0 Å². The highest BCUT2D eigenvalue weighted by atomic mass is 16.4. The number of piperidine rings is 2. The molecule has 0 spiro atoms. The number of anilines is 12. The van der Waals surface area contributed by atoms with Crippen LogP contribution in [0.15, 0.2) is 171 Å². The van der Waals surface area contributed by atoms with Crippen LogP contribution < -0.4 is 65.8 Å². The molecule has 0 amide bonds. The van der Waals surface area contributed by atoms with Gasteiger partial charge in [-0.1, -0.05) is 6.42 Å². The van der Waals surface area contributed by atoms with E-state index in [0.717, 1.165) is 196 Å². The number of imidazole rings is 4. The number of rotatable bonds is 17. The molecule has 12 N–H and O–H groups in total. The molecule has 41 heteroatoms. The van der Waals surface area contributed by atoms with E-state index in [4.69, 9.17) is 41.4 Å². The lowest BCUT2D eigenvalue weighted by molar-refractivity contribution is -0.143. The van der Waals surface area contributed by atoms with Crippen molar-refractivity contribution in [3.8, 4) is 34.4 Å². The average molecular weight is 1820 g/mol. The van der Waals surface area contributed by atoms with E-state index in [1.54, 1.807) is 92.3 Å². The van der Waals surface area contributed by atoms with Crippen LogP contribution in [-0.4, -0.2) is 286 Å². The molecule has 7 aliphatic heterocycles. The standard InChI is InChI=1S/C26H28N8O3.C25H26N8O3.C22H27N7O3.C20H26N8O/c35-21-5-3-19(4-6-21)31-12-14-32(15-13-31)26-29-23(33-11-1-2-18(16-33)25(36)37)22-24(30-26)34(17-28-22)20-7-9-27-10-8-20;34-20-3-1-18(2-4-20)30-11-13-31(14-12-30)25-28-22(32-10-7-17(15-32)24(35)36)21-23(29-25)33(16-27-21)19-5-8-26-9-6-19;23-19-18-20(29(13-24-18)16-3-1-2-14(12-16)21(31)32)26-22(25-19)28-10-8-27(9-11-28)15-4-6-17(30)7-5-15;21-18-17-19(28(13-23-17)15-5-7-22-8-6-15)25-20(24-18)27-11-9-26(10-12-27)14-1-3-16(29)4-2-14/h3-10,17-18,35H,1-2,11-16H2,(H,36,37);1-6,8-9,16-17,34H,7,10-15H2,(H,35,36);4-7,13-14,16,30H,1-3,8-12H2,(H,31,32)(H2,23,25,26);1-4,13,15,22,29H,5-12H2,(H2,21,24,25). The predicted molar refractivity (Wildman–Crippen MR) is 509 cm³/mol. The Morgan fingerprint density at radius 1 is 0.306 bits per heavy atom. The summed E-state index contributed by atoms with van der Waals surface area (Å²) in [7, 11) is 0. The minimum absolute atomic E-state index is 0.0448. The summed E-state index contributed by atoms with van der Waals surface area (Å²) >= 11 is 0. The molecular formula is C93H107N31O10. The van der Waals surface area contributed by atoms with Crippen molar-refractivity contribution < 1.29 is 50.1 Å². The number of aliphatic carboxylic acids is 3. The number of nitrogens with zero attached hydrogens (tertiary/aromatic N) is 28. The first-order valence-electron chi connectivity index (χ1n) is 45.7. The number of carbonyl (C=O) groups is 3. The number of phenols is 4. The van der Waals surface area contributed by atoms with E-state index < -0.39 is 29.7 Å². The van der Waals surface area contributed by atoms with Crippen molar-refractivity contribution in [2.45, 2.75) is 69.9 Å². The Morgan fingerprint density at radius 2 is 0.634 bits per heavy atom. The fourth-order valence-electron chi connectivity index (χ4n) is 19.1. The first-order valence-corrected chi connectivity index (χ1v) is 45.7. The first-order chi connectivity index (χ1) is 65.3. The van der Waals surface area contributed by atoms with Gasteiger partial charge in [0.15, 0.2) is 56.9 Å². The van der Waals surface area contributed by atoms with Gasteiger partial charge in [-0.3, -0.25) is 33.5 Å². The number of hydrogen-bond donors (Lipinski definition) is 10. The second-order valence-electron chi connectivity index (χ2n) is 34.8. The topological polar surface area (TPSA) is 489 Å². The Balaban J connectivity index is 0.000000115. The van der Waals surface area contributed by atoms with E-state index in [0.29, 0.717) is 137 Å². The molecule has 41 nitrogen and oxygen atoms in total. The molecule has 7 saturated heterocycles. The molecule has 0 radical (unpaired) electrons. The molecule has 4 atom stereocenters. The van der Waals surface area contributed by atoms with Crippen LogP contribution >= 0.6 is 0 Å². The Kier molecular flexibility index (Phi) is 25.5. The van der Waals surface area contributed by atoms with E-state index in [-0.39, 0.29) is 35.0 Å². The number of piperazine rings is 4. The van der Waals surface area contributed by atoms with Crippen molar-refractivity contribution >= 4 is 132 Å². The quantitative estimate of drug-likeness (QED) is 0.0409. The zero-order valence-corrected chi connectivity index (χ0v) is 74.0.